The second-order valence-electron chi connectivity index (χ2n) is 3.38. The molecule has 4 heteroatoms. The summed E-state index contributed by atoms with van der Waals surface area (Å²) in [6.07, 6.45) is 1.99. The van der Waals surface area contributed by atoms with E-state index in [0.29, 0.717) is 10.7 Å². The highest BCUT2D eigenvalue weighted by Gasteiger charge is 2.06. The molecule has 0 fully saturated rings. The molecule has 68 valence electrons. The number of hydrogen-bond acceptors (Lipinski definition) is 2. The van der Waals surface area contributed by atoms with Crippen LogP contribution in [0.4, 0.5) is 0 Å². The van der Waals surface area contributed by atoms with E-state index in [-0.39, 0.29) is 0 Å². The van der Waals surface area contributed by atoms with Crippen molar-refractivity contribution in [3.8, 4) is 0 Å². The van der Waals surface area contributed by atoms with Crippen molar-refractivity contribution in [1.29, 1.82) is 0 Å². The number of halogens is 1. The van der Waals surface area contributed by atoms with Gasteiger partial charge in [-0.3, -0.25) is 4.68 Å². The van der Waals surface area contributed by atoms with Crippen LogP contribution in [-0.2, 0) is 6.54 Å². The predicted molar refractivity (Wildman–Crippen MR) is 52.2 cm³/mol. The number of alkyl halides is 1. The molecule has 0 radical (unpaired) electrons. The molecule has 0 spiro atoms. The van der Waals surface area contributed by atoms with Crippen LogP contribution in [0.2, 0.25) is 0 Å². The molecule has 0 aliphatic rings. The van der Waals surface area contributed by atoms with Gasteiger partial charge >= 0.3 is 0 Å². The van der Waals surface area contributed by atoms with E-state index in [1.165, 1.54) is 0 Å². The third kappa shape index (κ3) is 2.59. The van der Waals surface area contributed by atoms with Crippen molar-refractivity contribution in [1.82, 2.24) is 15.0 Å². The van der Waals surface area contributed by atoms with E-state index >= 15 is 0 Å². The quantitative estimate of drug-likeness (QED) is 0.749. The lowest BCUT2D eigenvalue weighted by Crippen LogP contribution is -2.04. The van der Waals surface area contributed by atoms with Gasteiger partial charge in [0, 0.05) is 12.7 Å². The van der Waals surface area contributed by atoms with Crippen LogP contribution in [0.3, 0.4) is 0 Å². The van der Waals surface area contributed by atoms with Crippen LogP contribution in [0.1, 0.15) is 31.3 Å². The van der Waals surface area contributed by atoms with Gasteiger partial charge in [0.25, 0.3) is 0 Å². The Kier molecular flexibility index (Phi) is 3.26. The zero-order chi connectivity index (χ0) is 9.14. The molecule has 0 bridgehead atoms. The fourth-order valence-corrected chi connectivity index (χ4v) is 1.17. The lowest BCUT2D eigenvalue weighted by molar-refractivity contribution is 0.472. The molecule has 0 N–H and O–H groups in total. The molecule has 1 aromatic heterocycles. The van der Waals surface area contributed by atoms with Crippen molar-refractivity contribution in [2.75, 3.05) is 0 Å². The Morgan fingerprint density at radius 1 is 1.50 bits per heavy atom. The van der Waals surface area contributed by atoms with Gasteiger partial charge in [0.2, 0.25) is 0 Å². The minimum atomic E-state index is 0.290. The summed E-state index contributed by atoms with van der Waals surface area (Å²) in [5.74, 6) is 0.616. The second-order valence-corrected chi connectivity index (χ2v) is 4.75. The zero-order valence-electron chi connectivity index (χ0n) is 7.66. The smallest absolute Gasteiger partial charge is 0.0960 e. The van der Waals surface area contributed by atoms with Crippen LogP contribution >= 0.6 is 15.9 Å². The summed E-state index contributed by atoms with van der Waals surface area (Å²) in [6, 6.07) is 0. The molecule has 0 saturated heterocycles. The van der Waals surface area contributed by atoms with Crippen LogP contribution in [-0.4, -0.2) is 15.0 Å². The lowest BCUT2D eigenvalue weighted by atomic mass is 10.2. The molecule has 0 aliphatic carbocycles. The van der Waals surface area contributed by atoms with E-state index in [1.54, 1.807) is 0 Å². The molecule has 0 aromatic carbocycles. The van der Waals surface area contributed by atoms with Gasteiger partial charge in [-0.05, 0) is 12.8 Å². The summed E-state index contributed by atoms with van der Waals surface area (Å²) < 4.78 is 1.89. The number of aromatic nitrogens is 3. The Labute approximate surface area is 81.3 Å². The molecular weight excluding hydrogens is 218 g/mol. The van der Waals surface area contributed by atoms with Crippen LogP contribution in [0.25, 0.3) is 0 Å². The van der Waals surface area contributed by atoms with Crippen LogP contribution in [0, 0.1) is 5.92 Å². The fourth-order valence-electron chi connectivity index (χ4n) is 0.959. The van der Waals surface area contributed by atoms with Crippen molar-refractivity contribution in [2.45, 2.75) is 32.1 Å². The first-order valence-electron chi connectivity index (χ1n) is 4.13. The van der Waals surface area contributed by atoms with Crippen molar-refractivity contribution in [3.05, 3.63) is 11.9 Å². The largest absolute Gasteiger partial charge is 0.252 e. The first kappa shape index (κ1) is 9.71. The highest BCUT2D eigenvalue weighted by atomic mass is 79.9. The number of rotatable bonds is 3. The van der Waals surface area contributed by atoms with Gasteiger partial charge in [-0.2, -0.15) is 0 Å². The van der Waals surface area contributed by atoms with Gasteiger partial charge in [-0.1, -0.05) is 35.0 Å². The SMILES string of the molecule is CC(C)Cn1cc(C(C)Br)nn1. The summed E-state index contributed by atoms with van der Waals surface area (Å²) >= 11 is 3.45. The minimum Gasteiger partial charge on any atom is -0.252 e. The predicted octanol–water partition coefficient (Wildman–Crippen LogP) is 2.39. The summed E-state index contributed by atoms with van der Waals surface area (Å²) in [4.78, 5) is 0.290. The first-order valence-corrected chi connectivity index (χ1v) is 5.05. The lowest BCUT2D eigenvalue weighted by Gasteiger charge is -2.02. The summed E-state index contributed by atoms with van der Waals surface area (Å²) in [5.41, 5.74) is 0.996. The Morgan fingerprint density at radius 3 is 2.58 bits per heavy atom. The average Bonchev–Trinajstić information content (AvgIpc) is 2.34. The van der Waals surface area contributed by atoms with E-state index in [2.05, 4.69) is 40.1 Å². The Balaban J connectivity index is 2.64. The van der Waals surface area contributed by atoms with Crippen LogP contribution in [0.5, 0.6) is 0 Å². The maximum atomic E-state index is 4.03. The highest BCUT2D eigenvalue weighted by molar-refractivity contribution is 9.09. The second kappa shape index (κ2) is 4.03. The van der Waals surface area contributed by atoms with E-state index in [4.69, 9.17) is 0 Å². The molecule has 3 nitrogen and oxygen atoms in total. The Morgan fingerprint density at radius 2 is 2.17 bits per heavy atom. The number of hydrogen-bond donors (Lipinski definition) is 0. The Bertz CT molecular complexity index is 242. The van der Waals surface area contributed by atoms with Gasteiger partial charge < -0.3 is 0 Å². The molecule has 12 heavy (non-hydrogen) atoms. The maximum absolute atomic E-state index is 4.03. The summed E-state index contributed by atoms with van der Waals surface area (Å²) in [6.45, 7) is 7.31. The van der Waals surface area contributed by atoms with Gasteiger partial charge in [0.05, 0.1) is 10.5 Å². The third-order valence-corrected chi connectivity index (χ3v) is 1.99. The molecule has 1 aromatic rings. The fraction of sp³-hybridized carbons (Fsp3) is 0.750. The average molecular weight is 232 g/mol. The van der Waals surface area contributed by atoms with Crippen molar-refractivity contribution in [2.24, 2.45) is 5.92 Å². The topological polar surface area (TPSA) is 30.7 Å². The molecule has 1 unspecified atom stereocenters. The van der Waals surface area contributed by atoms with Gasteiger partial charge in [-0.15, -0.1) is 5.10 Å². The molecule has 0 saturated carbocycles. The van der Waals surface area contributed by atoms with E-state index in [9.17, 15) is 0 Å². The van der Waals surface area contributed by atoms with Crippen molar-refractivity contribution < 1.29 is 0 Å². The first-order chi connectivity index (χ1) is 5.59. The molecule has 0 amide bonds. The van der Waals surface area contributed by atoms with E-state index in [0.717, 1.165) is 12.2 Å². The van der Waals surface area contributed by atoms with E-state index < -0.39 is 0 Å². The Hall–Kier alpha value is -0.380. The van der Waals surface area contributed by atoms with Gasteiger partial charge in [0.1, 0.15) is 0 Å². The normalized spacial score (nSPS) is 13.8. The van der Waals surface area contributed by atoms with Crippen LogP contribution < -0.4 is 0 Å². The van der Waals surface area contributed by atoms with Crippen molar-refractivity contribution in [3.63, 3.8) is 0 Å². The van der Waals surface area contributed by atoms with E-state index in [1.807, 2.05) is 17.8 Å². The minimum absolute atomic E-state index is 0.290. The monoisotopic (exact) mass is 231 g/mol. The van der Waals surface area contributed by atoms with Gasteiger partial charge in [0.15, 0.2) is 0 Å². The third-order valence-electron chi connectivity index (χ3n) is 1.52. The van der Waals surface area contributed by atoms with Gasteiger partial charge in [-0.25, -0.2) is 0 Å². The molecule has 1 heterocycles. The summed E-state index contributed by atoms with van der Waals surface area (Å²) in [5, 5.41) is 8.05. The number of nitrogens with zero attached hydrogens (tertiary/aromatic N) is 3. The molecule has 1 atom stereocenters. The maximum Gasteiger partial charge on any atom is 0.0960 e. The molecule has 1 rings (SSSR count). The van der Waals surface area contributed by atoms with Crippen molar-refractivity contribution >= 4 is 15.9 Å². The summed E-state index contributed by atoms with van der Waals surface area (Å²) in [7, 11) is 0. The molecular formula is C8H14BrN3. The highest BCUT2D eigenvalue weighted by Crippen LogP contribution is 2.18. The standard InChI is InChI=1S/C8H14BrN3/c1-6(2)4-12-5-8(7(3)9)10-11-12/h5-7H,4H2,1-3H3. The molecule has 0 aliphatic heterocycles. The van der Waals surface area contributed by atoms with Crippen LogP contribution in [0.15, 0.2) is 6.20 Å². The zero-order valence-corrected chi connectivity index (χ0v) is 9.24.